The van der Waals surface area contributed by atoms with Crippen LogP contribution in [-0.4, -0.2) is 23.7 Å². The maximum atomic E-state index is 11.4. The third-order valence-electron chi connectivity index (χ3n) is 2.68. The number of hydrogen-bond donors (Lipinski definition) is 1. The molecule has 0 aromatic heterocycles. The van der Waals surface area contributed by atoms with Crippen LogP contribution in [0.5, 0.6) is 0 Å². The minimum absolute atomic E-state index is 0.000617. The van der Waals surface area contributed by atoms with Gasteiger partial charge in [-0.2, -0.15) is 0 Å². The van der Waals surface area contributed by atoms with E-state index in [1.807, 2.05) is 0 Å². The number of ketones is 1. The fraction of sp³-hybridized carbons (Fsp3) is 0.143. The van der Waals surface area contributed by atoms with Crippen LogP contribution in [0.4, 0.5) is 0 Å². The molecule has 0 saturated carbocycles. The average molecular weight is 244 g/mol. The summed E-state index contributed by atoms with van der Waals surface area (Å²) in [7, 11) is 0. The van der Waals surface area contributed by atoms with Crippen LogP contribution in [0.3, 0.4) is 0 Å². The highest BCUT2D eigenvalue weighted by atomic mass is 16.6. The molecule has 18 heavy (non-hydrogen) atoms. The molecule has 1 N–H and O–H groups in total. The molecule has 92 valence electrons. The molecule has 0 aliphatic carbocycles. The largest absolute Gasteiger partial charge is 0.435 e. The van der Waals surface area contributed by atoms with Gasteiger partial charge in [0.2, 0.25) is 0 Å². The van der Waals surface area contributed by atoms with E-state index in [9.17, 15) is 9.59 Å². The van der Waals surface area contributed by atoms with Gasteiger partial charge in [0.15, 0.2) is 12.6 Å². The number of benzene rings is 2. The number of carbonyl (C=O) groups excluding carboxylic acids is 2. The van der Waals surface area contributed by atoms with Gasteiger partial charge in [-0.15, -0.1) is 0 Å². The van der Waals surface area contributed by atoms with Gasteiger partial charge in [-0.3, -0.25) is 4.79 Å². The zero-order valence-electron chi connectivity index (χ0n) is 9.84. The number of esters is 1. The molecule has 0 aliphatic heterocycles. The van der Waals surface area contributed by atoms with Crippen molar-refractivity contribution in [3.05, 3.63) is 47.5 Å². The van der Waals surface area contributed by atoms with Gasteiger partial charge in [-0.1, -0.05) is 18.2 Å². The Bertz CT molecular complexity index is 616. The van der Waals surface area contributed by atoms with Gasteiger partial charge in [0.1, 0.15) is 0 Å². The van der Waals surface area contributed by atoms with E-state index in [1.54, 1.807) is 36.4 Å². The highest BCUT2D eigenvalue weighted by Crippen LogP contribution is 2.18. The maximum Gasteiger partial charge on any atom is 0.340 e. The van der Waals surface area contributed by atoms with Crippen molar-refractivity contribution in [3.8, 4) is 0 Å². The van der Waals surface area contributed by atoms with Crippen LogP contribution >= 0.6 is 0 Å². The first-order valence-corrected chi connectivity index (χ1v) is 5.44. The van der Waals surface area contributed by atoms with E-state index < -0.39 is 12.8 Å². The first-order valence-electron chi connectivity index (χ1n) is 5.44. The number of fused-ring (bicyclic) bond motifs is 1. The summed E-state index contributed by atoms with van der Waals surface area (Å²) in [5, 5.41) is 10.2. The summed E-state index contributed by atoms with van der Waals surface area (Å²) in [4.78, 5) is 22.7. The van der Waals surface area contributed by atoms with Crippen LogP contribution in [0.1, 0.15) is 27.6 Å². The molecule has 0 fully saturated rings. The van der Waals surface area contributed by atoms with Crippen LogP contribution in [0.25, 0.3) is 10.8 Å². The Labute approximate surface area is 104 Å². The predicted octanol–water partition coefficient (Wildman–Crippen LogP) is 2.15. The highest BCUT2D eigenvalue weighted by molar-refractivity contribution is 6.00. The van der Waals surface area contributed by atoms with Crippen molar-refractivity contribution in [2.24, 2.45) is 0 Å². The predicted molar refractivity (Wildman–Crippen MR) is 66.5 cm³/mol. The summed E-state index contributed by atoms with van der Waals surface area (Å²) in [5.74, 6) is -0.573. The number of aliphatic hydroxyl groups is 1. The lowest BCUT2D eigenvalue weighted by molar-refractivity contribution is 0.00684. The topological polar surface area (TPSA) is 63.6 Å². The Kier molecular flexibility index (Phi) is 3.39. The van der Waals surface area contributed by atoms with Crippen molar-refractivity contribution in [1.82, 2.24) is 0 Å². The fourth-order valence-electron chi connectivity index (χ4n) is 1.73. The zero-order chi connectivity index (χ0) is 13.1. The Morgan fingerprint density at radius 1 is 1.06 bits per heavy atom. The lowest BCUT2D eigenvalue weighted by Gasteiger charge is -2.04. The van der Waals surface area contributed by atoms with E-state index in [0.29, 0.717) is 11.1 Å². The number of hydrogen-bond acceptors (Lipinski definition) is 4. The van der Waals surface area contributed by atoms with Gasteiger partial charge >= 0.3 is 5.97 Å². The third-order valence-corrected chi connectivity index (χ3v) is 2.68. The number of rotatable bonds is 3. The monoisotopic (exact) mass is 244 g/mol. The first-order chi connectivity index (χ1) is 8.61. The Hall–Kier alpha value is -2.20. The number of carbonyl (C=O) groups is 2. The SMILES string of the molecule is CC(=O)c1ccc2cc(C(=O)OCO)ccc2c1. The average Bonchev–Trinajstić information content (AvgIpc) is 2.37. The molecular formula is C14H12O4. The molecule has 0 unspecified atom stereocenters. The summed E-state index contributed by atoms with van der Waals surface area (Å²) in [5.41, 5.74) is 1.00. The van der Waals surface area contributed by atoms with Gasteiger partial charge in [0, 0.05) is 5.56 Å². The molecule has 0 heterocycles. The summed E-state index contributed by atoms with van der Waals surface area (Å²) in [6.45, 7) is 0.869. The second-order valence-corrected chi connectivity index (χ2v) is 3.89. The minimum atomic E-state index is -0.639. The van der Waals surface area contributed by atoms with Crippen molar-refractivity contribution in [1.29, 1.82) is 0 Å². The van der Waals surface area contributed by atoms with Crippen LogP contribution in [-0.2, 0) is 4.74 Å². The second kappa shape index (κ2) is 4.98. The molecule has 4 heteroatoms. The summed E-state index contributed by atoms with van der Waals surface area (Å²) in [6, 6.07) is 10.3. The molecule has 0 saturated heterocycles. The molecule has 4 nitrogen and oxygen atoms in total. The molecule has 0 radical (unpaired) electrons. The van der Waals surface area contributed by atoms with Gasteiger partial charge in [-0.05, 0) is 35.9 Å². The summed E-state index contributed by atoms with van der Waals surface area (Å²) in [6.07, 6.45) is 0. The van der Waals surface area contributed by atoms with Gasteiger partial charge in [-0.25, -0.2) is 4.79 Å². The van der Waals surface area contributed by atoms with Crippen LogP contribution in [0, 0.1) is 0 Å². The van der Waals surface area contributed by atoms with E-state index in [0.717, 1.165) is 10.8 Å². The van der Waals surface area contributed by atoms with Crippen LogP contribution in [0.2, 0.25) is 0 Å². The smallest absolute Gasteiger partial charge is 0.340 e. The van der Waals surface area contributed by atoms with Crippen molar-refractivity contribution >= 4 is 22.5 Å². The number of aliphatic hydroxyl groups excluding tert-OH is 1. The first kappa shape index (κ1) is 12.3. The van der Waals surface area contributed by atoms with Gasteiger partial charge < -0.3 is 9.84 Å². The molecule has 0 spiro atoms. The van der Waals surface area contributed by atoms with Crippen molar-refractivity contribution < 1.29 is 19.4 Å². The molecule has 0 bridgehead atoms. The van der Waals surface area contributed by atoms with Gasteiger partial charge in [0.25, 0.3) is 0 Å². The Morgan fingerprint density at radius 3 is 2.17 bits per heavy atom. The number of ether oxygens (including phenoxy) is 1. The van der Waals surface area contributed by atoms with Crippen molar-refractivity contribution in [2.45, 2.75) is 6.92 Å². The maximum absolute atomic E-state index is 11.4. The molecule has 0 atom stereocenters. The number of Topliss-reactive ketones (excluding diaryl/α,β-unsaturated/α-hetero) is 1. The summed E-state index contributed by atoms with van der Waals surface area (Å²) >= 11 is 0. The Morgan fingerprint density at radius 2 is 1.61 bits per heavy atom. The van der Waals surface area contributed by atoms with Crippen molar-refractivity contribution in [3.63, 3.8) is 0 Å². The lowest BCUT2D eigenvalue weighted by atomic mass is 10.0. The molecule has 0 aliphatic rings. The lowest BCUT2D eigenvalue weighted by Crippen LogP contribution is -2.05. The molecule has 2 aromatic rings. The standard InChI is InChI=1S/C14H12O4/c1-9(16)10-2-3-12-7-13(14(17)18-8-15)5-4-11(12)6-10/h2-7,15H,8H2,1H3. The minimum Gasteiger partial charge on any atom is -0.435 e. The van der Waals surface area contributed by atoms with E-state index in [-0.39, 0.29) is 5.78 Å². The van der Waals surface area contributed by atoms with Crippen LogP contribution < -0.4 is 0 Å². The van der Waals surface area contributed by atoms with Crippen molar-refractivity contribution in [2.75, 3.05) is 6.79 Å². The van der Waals surface area contributed by atoms with E-state index in [2.05, 4.69) is 4.74 Å². The van der Waals surface area contributed by atoms with E-state index in [4.69, 9.17) is 5.11 Å². The Balaban J connectivity index is 2.44. The fourth-order valence-corrected chi connectivity index (χ4v) is 1.73. The molecule has 2 aromatic carbocycles. The van der Waals surface area contributed by atoms with Gasteiger partial charge in [0.05, 0.1) is 5.56 Å². The van der Waals surface area contributed by atoms with Crippen LogP contribution in [0.15, 0.2) is 36.4 Å². The quantitative estimate of drug-likeness (QED) is 0.510. The van der Waals surface area contributed by atoms with E-state index in [1.165, 1.54) is 6.92 Å². The normalized spacial score (nSPS) is 10.3. The molecular weight excluding hydrogens is 232 g/mol. The second-order valence-electron chi connectivity index (χ2n) is 3.89. The van der Waals surface area contributed by atoms with E-state index >= 15 is 0 Å². The summed E-state index contributed by atoms with van der Waals surface area (Å²) < 4.78 is 4.50. The molecule has 2 rings (SSSR count). The zero-order valence-corrected chi connectivity index (χ0v) is 9.84. The molecule has 0 amide bonds. The third kappa shape index (κ3) is 2.38. The highest BCUT2D eigenvalue weighted by Gasteiger charge is 2.08.